The summed E-state index contributed by atoms with van der Waals surface area (Å²) in [6, 6.07) is 13.9. The number of nitrogens with zero attached hydrogens (tertiary/aromatic N) is 2. The third-order valence-corrected chi connectivity index (χ3v) is 5.10. The predicted molar refractivity (Wildman–Crippen MR) is 120 cm³/mol. The van der Waals surface area contributed by atoms with Gasteiger partial charge in [0.15, 0.2) is 17.3 Å². The number of hydrogen-bond acceptors (Lipinski definition) is 9. The highest BCUT2D eigenvalue weighted by Gasteiger charge is 2.25. The number of benzene rings is 2. The quantitative estimate of drug-likeness (QED) is 0.306. The molecule has 170 valence electrons. The van der Waals surface area contributed by atoms with Crippen LogP contribution in [0.2, 0.25) is 0 Å². The smallest absolute Gasteiger partial charge is 0.247 e. The maximum absolute atomic E-state index is 13.1. The van der Waals surface area contributed by atoms with Crippen molar-refractivity contribution < 1.29 is 27.8 Å². The summed E-state index contributed by atoms with van der Waals surface area (Å²) >= 11 is 0. The summed E-state index contributed by atoms with van der Waals surface area (Å²) in [7, 11) is 4.50. The highest BCUT2D eigenvalue weighted by Crippen LogP contribution is 2.38. The largest absolute Gasteiger partial charge is 0.493 e. The minimum Gasteiger partial charge on any atom is -0.493 e. The maximum atomic E-state index is 13.1. The average molecular weight is 449 g/mol. The monoisotopic (exact) mass is 449 g/mol. The molecule has 0 radical (unpaired) electrons. The lowest BCUT2D eigenvalue weighted by Crippen LogP contribution is -2.14. The van der Waals surface area contributed by atoms with Crippen molar-refractivity contribution in [3.8, 4) is 34.3 Å². The van der Waals surface area contributed by atoms with Crippen LogP contribution in [-0.2, 0) is 4.74 Å². The van der Waals surface area contributed by atoms with Gasteiger partial charge in [0.05, 0.1) is 19.9 Å². The molecule has 0 aliphatic rings. The fraction of sp³-hybridized carbons (Fsp3) is 0.208. The van der Waals surface area contributed by atoms with E-state index in [1.807, 2.05) is 0 Å². The van der Waals surface area contributed by atoms with Crippen LogP contribution in [0.3, 0.4) is 0 Å². The van der Waals surface area contributed by atoms with Gasteiger partial charge in [0.25, 0.3) is 0 Å². The first-order valence-electron chi connectivity index (χ1n) is 10.0. The number of hydrogen-bond donors (Lipinski definition) is 1. The number of anilines is 1. The first-order valence-corrected chi connectivity index (χ1v) is 10.0. The van der Waals surface area contributed by atoms with E-state index in [4.69, 9.17) is 28.8 Å². The van der Waals surface area contributed by atoms with Crippen molar-refractivity contribution in [2.24, 2.45) is 0 Å². The molecule has 0 spiro atoms. The van der Waals surface area contributed by atoms with Crippen molar-refractivity contribution in [2.45, 2.75) is 13.0 Å². The van der Waals surface area contributed by atoms with Crippen LogP contribution in [0.15, 0.2) is 57.4 Å². The molecule has 1 unspecified atom stereocenters. The zero-order chi connectivity index (χ0) is 23.5. The lowest BCUT2D eigenvalue weighted by Gasteiger charge is -2.14. The molecule has 4 rings (SSSR count). The Balaban J connectivity index is 1.59. The van der Waals surface area contributed by atoms with E-state index in [-0.39, 0.29) is 11.5 Å². The van der Waals surface area contributed by atoms with Gasteiger partial charge in [0, 0.05) is 25.2 Å². The number of carbonyl (C=O) groups excluding carboxylic acids is 1. The van der Waals surface area contributed by atoms with Crippen molar-refractivity contribution in [1.82, 2.24) is 10.2 Å². The van der Waals surface area contributed by atoms with Crippen LogP contribution in [-0.4, -0.2) is 37.3 Å². The van der Waals surface area contributed by atoms with Gasteiger partial charge in [-0.05, 0) is 42.0 Å². The number of ether oxygens (including phenoxy) is 3. The highest BCUT2D eigenvalue weighted by molar-refractivity contribution is 5.98. The van der Waals surface area contributed by atoms with Crippen LogP contribution in [0.5, 0.6) is 11.5 Å². The third-order valence-electron chi connectivity index (χ3n) is 5.10. The number of methoxy groups -OCH3 is 3. The Labute approximate surface area is 190 Å². The lowest BCUT2D eigenvalue weighted by molar-refractivity contribution is 0.0577. The van der Waals surface area contributed by atoms with E-state index in [9.17, 15) is 4.79 Å². The fourth-order valence-electron chi connectivity index (χ4n) is 3.50. The number of carbonyl (C=O) groups is 1. The molecule has 0 aliphatic heterocycles. The summed E-state index contributed by atoms with van der Waals surface area (Å²) in [6.45, 7) is 1.72. The van der Waals surface area contributed by atoms with Gasteiger partial charge < -0.3 is 28.8 Å². The molecule has 0 aliphatic carbocycles. The molecule has 1 atom stereocenters. The van der Waals surface area contributed by atoms with Crippen molar-refractivity contribution >= 4 is 11.5 Å². The SMILES string of the molecule is COc1cc(-c2ccc(C(=O)C(OC)c3ccc(-c4nnc(C)o4)cc3)o2)cc(N)c1OC. The second-order valence-corrected chi connectivity index (χ2v) is 7.19. The molecular formula is C24H23N3O6. The minimum absolute atomic E-state index is 0.154. The molecule has 0 saturated heterocycles. The summed E-state index contributed by atoms with van der Waals surface area (Å²) < 4.78 is 27.4. The van der Waals surface area contributed by atoms with E-state index in [2.05, 4.69) is 10.2 Å². The van der Waals surface area contributed by atoms with Gasteiger partial charge in [-0.3, -0.25) is 4.79 Å². The van der Waals surface area contributed by atoms with E-state index < -0.39 is 6.10 Å². The fourth-order valence-corrected chi connectivity index (χ4v) is 3.50. The van der Waals surface area contributed by atoms with E-state index >= 15 is 0 Å². The van der Waals surface area contributed by atoms with E-state index in [1.165, 1.54) is 21.3 Å². The number of rotatable bonds is 8. The summed E-state index contributed by atoms with van der Waals surface area (Å²) in [6.07, 6.45) is -0.849. The number of nitrogen functional groups attached to an aromatic ring is 1. The Kier molecular flexibility index (Phi) is 6.14. The van der Waals surface area contributed by atoms with Gasteiger partial charge in [-0.25, -0.2) is 0 Å². The van der Waals surface area contributed by atoms with Gasteiger partial charge >= 0.3 is 0 Å². The zero-order valence-corrected chi connectivity index (χ0v) is 18.6. The molecule has 2 aromatic heterocycles. The Morgan fingerprint density at radius 1 is 0.939 bits per heavy atom. The Bertz CT molecular complexity index is 1280. The van der Waals surface area contributed by atoms with Crippen LogP contribution in [0.25, 0.3) is 22.8 Å². The molecule has 0 amide bonds. The first-order chi connectivity index (χ1) is 15.9. The molecule has 9 heteroatoms. The summed E-state index contributed by atoms with van der Waals surface area (Å²) in [5, 5.41) is 7.83. The van der Waals surface area contributed by atoms with Crippen molar-refractivity contribution in [2.75, 3.05) is 27.1 Å². The molecule has 2 heterocycles. The number of aryl methyl sites for hydroxylation is 1. The van der Waals surface area contributed by atoms with Gasteiger partial charge in [0.1, 0.15) is 11.9 Å². The van der Waals surface area contributed by atoms with Crippen LogP contribution in [0.1, 0.15) is 28.1 Å². The maximum Gasteiger partial charge on any atom is 0.247 e. The molecule has 9 nitrogen and oxygen atoms in total. The highest BCUT2D eigenvalue weighted by atomic mass is 16.5. The Morgan fingerprint density at radius 3 is 2.30 bits per heavy atom. The Morgan fingerprint density at radius 2 is 1.70 bits per heavy atom. The topological polar surface area (TPSA) is 123 Å². The van der Waals surface area contributed by atoms with Gasteiger partial charge in [-0.2, -0.15) is 0 Å². The van der Waals surface area contributed by atoms with Crippen LogP contribution >= 0.6 is 0 Å². The number of ketones is 1. The molecule has 2 aromatic carbocycles. The second-order valence-electron chi connectivity index (χ2n) is 7.19. The van der Waals surface area contributed by atoms with E-state index in [0.29, 0.717) is 45.9 Å². The summed E-state index contributed by atoms with van der Waals surface area (Å²) in [4.78, 5) is 13.1. The van der Waals surface area contributed by atoms with Crippen molar-refractivity contribution in [1.29, 1.82) is 0 Å². The normalized spacial score (nSPS) is 11.9. The third kappa shape index (κ3) is 4.31. The second kappa shape index (κ2) is 9.17. The molecule has 2 N–H and O–H groups in total. The van der Waals surface area contributed by atoms with Gasteiger partial charge in [0.2, 0.25) is 17.6 Å². The molecule has 4 aromatic rings. The number of aromatic nitrogens is 2. The molecule has 0 bridgehead atoms. The standard InChI is InChI=1S/C24H23N3O6/c1-13-26-27-24(32-13)15-7-5-14(6-8-15)22(30-3)21(28)19-10-9-18(33-19)16-11-17(25)23(31-4)20(12-16)29-2/h5-12,22H,25H2,1-4H3. The van der Waals surface area contributed by atoms with Crippen molar-refractivity contribution in [3.63, 3.8) is 0 Å². The minimum atomic E-state index is -0.849. The summed E-state index contributed by atoms with van der Waals surface area (Å²) in [5.74, 6) is 2.07. The Hall–Kier alpha value is -4.11. The van der Waals surface area contributed by atoms with Crippen LogP contribution in [0.4, 0.5) is 5.69 Å². The molecule has 33 heavy (non-hydrogen) atoms. The molecular weight excluding hydrogens is 426 g/mol. The number of Topliss-reactive ketones (excluding diaryl/α,β-unsaturated/α-hetero) is 1. The molecule has 0 saturated carbocycles. The van der Waals surface area contributed by atoms with Crippen molar-refractivity contribution in [3.05, 3.63) is 65.7 Å². The van der Waals surface area contributed by atoms with Gasteiger partial charge in [-0.15, -0.1) is 10.2 Å². The number of nitrogens with two attached hydrogens (primary N) is 1. The lowest BCUT2D eigenvalue weighted by atomic mass is 10.0. The van der Waals surface area contributed by atoms with Crippen LogP contribution < -0.4 is 15.2 Å². The van der Waals surface area contributed by atoms with Gasteiger partial charge in [-0.1, -0.05) is 12.1 Å². The van der Waals surface area contributed by atoms with E-state index in [0.717, 1.165) is 5.56 Å². The first kappa shape index (κ1) is 22.1. The number of furan rings is 1. The summed E-state index contributed by atoms with van der Waals surface area (Å²) in [5.41, 5.74) is 8.51. The zero-order valence-electron chi connectivity index (χ0n) is 18.6. The van der Waals surface area contributed by atoms with Crippen LogP contribution in [0, 0.1) is 6.92 Å². The predicted octanol–water partition coefficient (Wildman–Crippen LogP) is 4.47. The van der Waals surface area contributed by atoms with E-state index in [1.54, 1.807) is 55.5 Å². The molecule has 0 fully saturated rings. The average Bonchev–Trinajstić information content (AvgIpc) is 3.49.